The standard InChI is InChI=1S/C21H21ClN4O/c1-2-26(15-16-8-4-3-5-9-16)21-24-13-18(14-25-21)20(27)23-12-17-10-6-7-11-19(17)22/h3-11,13-14H,2,12,15H2,1H3,(H,23,27). The molecule has 2 aromatic carbocycles. The molecule has 0 aliphatic heterocycles. The van der Waals surface area contributed by atoms with E-state index in [-0.39, 0.29) is 5.91 Å². The lowest BCUT2D eigenvalue weighted by Gasteiger charge is -2.20. The zero-order valence-corrected chi connectivity index (χ0v) is 15.9. The lowest BCUT2D eigenvalue weighted by molar-refractivity contribution is 0.0950. The van der Waals surface area contributed by atoms with Crippen molar-refractivity contribution in [3.8, 4) is 0 Å². The van der Waals surface area contributed by atoms with Gasteiger partial charge in [-0.15, -0.1) is 0 Å². The predicted molar refractivity (Wildman–Crippen MR) is 108 cm³/mol. The van der Waals surface area contributed by atoms with Crippen LogP contribution in [-0.2, 0) is 13.1 Å². The highest BCUT2D eigenvalue weighted by molar-refractivity contribution is 6.31. The molecule has 6 heteroatoms. The summed E-state index contributed by atoms with van der Waals surface area (Å²) in [6.45, 7) is 3.90. The number of benzene rings is 2. The van der Waals surface area contributed by atoms with Gasteiger partial charge in [0.15, 0.2) is 0 Å². The van der Waals surface area contributed by atoms with Crippen LogP contribution in [-0.4, -0.2) is 22.4 Å². The fourth-order valence-electron chi connectivity index (χ4n) is 2.65. The van der Waals surface area contributed by atoms with Crippen LogP contribution in [0.3, 0.4) is 0 Å². The van der Waals surface area contributed by atoms with Gasteiger partial charge in [0.2, 0.25) is 5.95 Å². The fourth-order valence-corrected chi connectivity index (χ4v) is 2.85. The first kappa shape index (κ1) is 18.9. The zero-order valence-electron chi connectivity index (χ0n) is 15.1. The molecule has 0 radical (unpaired) electrons. The van der Waals surface area contributed by atoms with Gasteiger partial charge in [-0.05, 0) is 24.1 Å². The fraction of sp³-hybridized carbons (Fsp3) is 0.190. The number of anilines is 1. The Morgan fingerprint density at radius 2 is 1.70 bits per heavy atom. The highest BCUT2D eigenvalue weighted by atomic mass is 35.5. The Hall–Kier alpha value is -2.92. The summed E-state index contributed by atoms with van der Waals surface area (Å²) in [7, 11) is 0. The number of carbonyl (C=O) groups is 1. The number of nitrogens with zero attached hydrogens (tertiary/aromatic N) is 3. The number of hydrogen-bond acceptors (Lipinski definition) is 4. The maximum absolute atomic E-state index is 12.3. The summed E-state index contributed by atoms with van der Waals surface area (Å²) in [6.07, 6.45) is 3.11. The topological polar surface area (TPSA) is 58.1 Å². The molecule has 0 fully saturated rings. The van der Waals surface area contributed by atoms with E-state index in [1.165, 1.54) is 5.56 Å². The first-order valence-electron chi connectivity index (χ1n) is 8.80. The molecule has 0 saturated carbocycles. The SMILES string of the molecule is CCN(Cc1ccccc1)c1ncc(C(=O)NCc2ccccc2Cl)cn1. The van der Waals surface area contributed by atoms with Crippen molar-refractivity contribution in [3.63, 3.8) is 0 Å². The Kier molecular flexibility index (Phi) is 6.39. The van der Waals surface area contributed by atoms with E-state index in [1.54, 1.807) is 18.5 Å². The van der Waals surface area contributed by atoms with Crippen molar-refractivity contribution in [2.24, 2.45) is 0 Å². The van der Waals surface area contributed by atoms with Crippen LogP contribution in [0.2, 0.25) is 5.02 Å². The van der Waals surface area contributed by atoms with Crippen molar-refractivity contribution in [3.05, 3.63) is 88.7 Å². The molecule has 1 aromatic heterocycles. The molecule has 1 amide bonds. The maximum atomic E-state index is 12.3. The lowest BCUT2D eigenvalue weighted by Crippen LogP contribution is -2.26. The van der Waals surface area contributed by atoms with E-state index in [4.69, 9.17) is 11.6 Å². The molecule has 3 rings (SSSR count). The number of halogens is 1. The third-order valence-corrected chi connectivity index (χ3v) is 4.55. The molecule has 0 aliphatic rings. The smallest absolute Gasteiger partial charge is 0.254 e. The number of rotatable bonds is 7. The molecular formula is C21H21ClN4O. The highest BCUT2D eigenvalue weighted by Gasteiger charge is 2.11. The Labute approximate surface area is 164 Å². The van der Waals surface area contributed by atoms with Crippen LogP contribution in [0, 0.1) is 0 Å². The summed E-state index contributed by atoms with van der Waals surface area (Å²) in [5.41, 5.74) is 2.47. The average molecular weight is 381 g/mol. The second-order valence-electron chi connectivity index (χ2n) is 6.05. The van der Waals surface area contributed by atoms with Crippen LogP contribution in [0.5, 0.6) is 0 Å². The first-order chi connectivity index (χ1) is 13.2. The average Bonchev–Trinajstić information content (AvgIpc) is 2.72. The predicted octanol–water partition coefficient (Wildman–Crippen LogP) is 4.09. The van der Waals surface area contributed by atoms with E-state index in [9.17, 15) is 4.79 Å². The molecule has 0 atom stereocenters. The monoisotopic (exact) mass is 380 g/mol. The van der Waals surface area contributed by atoms with Gasteiger partial charge in [-0.3, -0.25) is 4.79 Å². The van der Waals surface area contributed by atoms with Crippen molar-refractivity contribution >= 4 is 23.5 Å². The van der Waals surface area contributed by atoms with Crippen LogP contribution in [0.15, 0.2) is 67.0 Å². The van der Waals surface area contributed by atoms with Gasteiger partial charge in [0.25, 0.3) is 5.91 Å². The summed E-state index contributed by atoms with van der Waals surface area (Å²) < 4.78 is 0. The third-order valence-electron chi connectivity index (χ3n) is 4.18. The summed E-state index contributed by atoms with van der Waals surface area (Å²) in [4.78, 5) is 23.1. The number of amides is 1. The van der Waals surface area contributed by atoms with Gasteiger partial charge in [0.1, 0.15) is 0 Å². The van der Waals surface area contributed by atoms with Crippen molar-refractivity contribution in [1.82, 2.24) is 15.3 Å². The lowest BCUT2D eigenvalue weighted by atomic mass is 10.2. The van der Waals surface area contributed by atoms with Gasteiger partial charge in [-0.1, -0.05) is 60.1 Å². The van der Waals surface area contributed by atoms with Gasteiger partial charge in [0, 0.05) is 37.1 Å². The van der Waals surface area contributed by atoms with Gasteiger partial charge < -0.3 is 10.2 Å². The molecule has 0 saturated heterocycles. The highest BCUT2D eigenvalue weighted by Crippen LogP contribution is 2.15. The third kappa shape index (κ3) is 5.05. The molecule has 1 heterocycles. The van der Waals surface area contributed by atoms with Crippen LogP contribution >= 0.6 is 11.6 Å². The van der Waals surface area contributed by atoms with Crippen LogP contribution in [0.1, 0.15) is 28.4 Å². The Bertz CT molecular complexity index is 884. The van der Waals surface area contributed by atoms with Crippen LogP contribution in [0.25, 0.3) is 0 Å². The summed E-state index contributed by atoms with van der Waals surface area (Å²) in [5.74, 6) is 0.372. The molecule has 27 heavy (non-hydrogen) atoms. The number of carbonyl (C=O) groups excluding carboxylic acids is 1. The largest absolute Gasteiger partial charge is 0.348 e. The molecular weight excluding hydrogens is 360 g/mol. The molecule has 1 N–H and O–H groups in total. The van der Waals surface area contributed by atoms with Crippen molar-refractivity contribution in [1.29, 1.82) is 0 Å². The minimum atomic E-state index is -0.229. The van der Waals surface area contributed by atoms with Gasteiger partial charge in [0.05, 0.1) is 5.56 Å². The van der Waals surface area contributed by atoms with E-state index in [0.29, 0.717) is 23.1 Å². The minimum Gasteiger partial charge on any atom is -0.348 e. The number of aromatic nitrogens is 2. The molecule has 5 nitrogen and oxygen atoms in total. The Morgan fingerprint density at radius 3 is 2.37 bits per heavy atom. The summed E-state index contributed by atoms with van der Waals surface area (Å²) >= 11 is 6.11. The van der Waals surface area contributed by atoms with Crippen molar-refractivity contribution in [2.75, 3.05) is 11.4 Å². The van der Waals surface area contributed by atoms with E-state index < -0.39 is 0 Å². The second kappa shape index (κ2) is 9.14. The van der Waals surface area contributed by atoms with Crippen LogP contribution in [0.4, 0.5) is 5.95 Å². The molecule has 138 valence electrons. The molecule has 0 unspecified atom stereocenters. The first-order valence-corrected chi connectivity index (χ1v) is 9.17. The number of nitrogens with one attached hydrogen (secondary N) is 1. The summed E-state index contributed by atoms with van der Waals surface area (Å²) in [5, 5.41) is 3.47. The molecule has 0 aliphatic carbocycles. The molecule has 0 spiro atoms. The Morgan fingerprint density at radius 1 is 1.04 bits per heavy atom. The van der Waals surface area contributed by atoms with Crippen molar-refractivity contribution < 1.29 is 4.79 Å². The quantitative estimate of drug-likeness (QED) is 0.670. The normalized spacial score (nSPS) is 10.4. The second-order valence-corrected chi connectivity index (χ2v) is 6.45. The summed E-state index contributed by atoms with van der Waals surface area (Å²) in [6, 6.07) is 17.6. The van der Waals surface area contributed by atoms with E-state index in [2.05, 4.69) is 39.2 Å². The van der Waals surface area contributed by atoms with E-state index in [1.807, 2.05) is 36.4 Å². The Balaban J connectivity index is 1.63. The minimum absolute atomic E-state index is 0.229. The zero-order chi connectivity index (χ0) is 19.1. The maximum Gasteiger partial charge on any atom is 0.254 e. The van der Waals surface area contributed by atoms with Gasteiger partial charge >= 0.3 is 0 Å². The van der Waals surface area contributed by atoms with Gasteiger partial charge in [-0.2, -0.15) is 0 Å². The molecule has 3 aromatic rings. The van der Waals surface area contributed by atoms with E-state index in [0.717, 1.165) is 18.7 Å². The van der Waals surface area contributed by atoms with Crippen molar-refractivity contribution in [2.45, 2.75) is 20.0 Å². The molecule has 0 bridgehead atoms. The van der Waals surface area contributed by atoms with Gasteiger partial charge in [-0.25, -0.2) is 9.97 Å². The van der Waals surface area contributed by atoms with E-state index >= 15 is 0 Å². The number of hydrogen-bond donors (Lipinski definition) is 1. The van der Waals surface area contributed by atoms with Crippen LogP contribution < -0.4 is 10.2 Å².